The van der Waals surface area contributed by atoms with Crippen molar-refractivity contribution in [1.29, 1.82) is 0 Å². The van der Waals surface area contributed by atoms with E-state index < -0.39 is 10.0 Å². The van der Waals surface area contributed by atoms with E-state index in [2.05, 4.69) is 10.6 Å². The summed E-state index contributed by atoms with van der Waals surface area (Å²) >= 11 is 0. The third kappa shape index (κ3) is 4.17. The van der Waals surface area contributed by atoms with E-state index in [0.29, 0.717) is 12.5 Å². The maximum absolute atomic E-state index is 12.7. The van der Waals surface area contributed by atoms with Gasteiger partial charge >= 0.3 is 0 Å². The Morgan fingerprint density at radius 3 is 2.84 bits per heavy atom. The van der Waals surface area contributed by atoms with Crippen LogP contribution in [0, 0.1) is 5.92 Å². The highest BCUT2D eigenvalue weighted by atomic mass is 32.2. The van der Waals surface area contributed by atoms with E-state index in [1.807, 2.05) is 0 Å². The fourth-order valence-electron chi connectivity index (χ4n) is 2.77. The molecule has 1 aromatic rings. The van der Waals surface area contributed by atoms with Crippen LogP contribution < -0.4 is 16.4 Å². The molecule has 8 nitrogen and oxygen atoms in total. The first kappa shape index (κ1) is 17.8. The Morgan fingerprint density at radius 2 is 2.16 bits per heavy atom. The molecule has 1 aliphatic heterocycles. The molecule has 25 heavy (non-hydrogen) atoms. The summed E-state index contributed by atoms with van der Waals surface area (Å²) < 4.78 is 26.4. The Kier molecular flexibility index (Phi) is 5.07. The number of hydrogen-bond acceptors (Lipinski definition) is 5. The lowest BCUT2D eigenvalue weighted by molar-refractivity contribution is -0.122. The first-order valence-corrected chi connectivity index (χ1v) is 9.72. The average molecular weight is 366 g/mol. The first-order valence-electron chi connectivity index (χ1n) is 8.28. The number of piperazine rings is 1. The molecule has 1 atom stereocenters. The van der Waals surface area contributed by atoms with E-state index in [4.69, 9.17) is 5.73 Å². The van der Waals surface area contributed by atoms with E-state index >= 15 is 0 Å². The summed E-state index contributed by atoms with van der Waals surface area (Å²) in [5.74, 6) is -0.223. The molecule has 4 N–H and O–H groups in total. The maximum atomic E-state index is 12.7. The van der Waals surface area contributed by atoms with Crippen LogP contribution in [0.2, 0.25) is 0 Å². The molecular formula is C16H22N4O4S. The Labute approximate surface area is 146 Å². The lowest BCUT2D eigenvalue weighted by Gasteiger charge is -2.26. The molecule has 1 saturated carbocycles. The molecule has 136 valence electrons. The Morgan fingerprint density at radius 1 is 1.40 bits per heavy atom. The molecule has 1 aromatic carbocycles. The van der Waals surface area contributed by atoms with Crippen molar-refractivity contribution in [2.24, 2.45) is 11.7 Å². The fraction of sp³-hybridized carbons (Fsp3) is 0.500. The standard InChI is InChI=1S/C16H22N4O4S/c17-14(11-4-5-11)9-19-16(22)12-2-1-3-13(8-12)25(23,24)20-7-6-18-15(21)10-20/h1-3,8,11,14H,4-7,9-10,17H2,(H,18,21)(H,19,22). The number of carbonyl (C=O) groups is 2. The van der Waals surface area contributed by atoms with Crippen LogP contribution in [0.5, 0.6) is 0 Å². The largest absolute Gasteiger partial charge is 0.354 e. The van der Waals surface area contributed by atoms with Crippen LogP contribution in [-0.4, -0.2) is 56.8 Å². The summed E-state index contributed by atoms with van der Waals surface area (Å²) in [6.45, 7) is 0.639. The molecule has 1 heterocycles. The Bertz CT molecular complexity index is 776. The number of nitrogens with one attached hydrogen (secondary N) is 2. The monoisotopic (exact) mass is 366 g/mol. The van der Waals surface area contributed by atoms with Crippen molar-refractivity contribution >= 4 is 21.8 Å². The minimum Gasteiger partial charge on any atom is -0.354 e. The Balaban J connectivity index is 1.71. The molecule has 2 aliphatic rings. The molecule has 1 unspecified atom stereocenters. The van der Waals surface area contributed by atoms with Crippen molar-refractivity contribution in [2.45, 2.75) is 23.8 Å². The fourth-order valence-corrected chi connectivity index (χ4v) is 4.21. The van der Waals surface area contributed by atoms with Crippen molar-refractivity contribution in [3.8, 4) is 0 Å². The van der Waals surface area contributed by atoms with Crippen LogP contribution >= 0.6 is 0 Å². The molecule has 1 saturated heterocycles. The third-order valence-corrected chi connectivity index (χ3v) is 6.30. The predicted molar refractivity (Wildman–Crippen MR) is 91.2 cm³/mol. The number of amides is 2. The lowest BCUT2D eigenvalue weighted by atomic mass is 10.2. The predicted octanol–water partition coefficient (Wildman–Crippen LogP) is -0.726. The molecule has 2 amide bonds. The zero-order chi connectivity index (χ0) is 18.0. The zero-order valence-electron chi connectivity index (χ0n) is 13.8. The summed E-state index contributed by atoms with van der Waals surface area (Å²) in [5.41, 5.74) is 6.22. The highest BCUT2D eigenvalue weighted by molar-refractivity contribution is 7.89. The normalized spacial score (nSPS) is 20.0. The molecule has 9 heteroatoms. The number of benzene rings is 1. The van der Waals surface area contributed by atoms with Gasteiger partial charge in [0.1, 0.15) is 0 Å². The van der Waals surface area contributed by atoms with Gasteiger partial charge in [0.25, 0.3) is 5.91 Å². The van der Waals surface area contributed by atoms with Crippen LogP contribution in [0.4, 0.5) is 0 Å². The molecule has 0 aromatic heterocycles. The summed E-state index contributed by atoms with van der Waals surface area (Å²) in [5, 5.41) is 5.33. The van der Waals surface area contributed by atoms with Gasteiger partial charge in [0, 0.05) is 31.2 Å². The van der Waals surface area contributed by atoms with E-state index in [-0.39, 0.29) is 47.9 Å². The van der Waals surface area contributed by atoms with Gasteiger partial charge in [0.2, 0.25) is 15.9 Å². The van der Waals surface area contributed by atoms with Crippen molar-refractivity contribution in [3.63, 3.8) is 0 Å². The average Bonchev–Trinajstić information content (AvgIpc) is 3.44. The molecule has 0 radical (unpaired) electrons. The summed E-state index contributed by atoms with van der Waals surface area (Å²) in [4.78, 5) is 23.7. The van der Waals surface area contributed by atoms with Crippen molar-refractivity contribution in [1.82, 2.24) is 14.9 Å². The van der Waals surface area contributed by atoms with Crippen molar-refractivity contribution in [2.75, 3.05) is 26.2 Å². The summed E-state index contributed by atoms with van der Waals surface area (Å²) in [6, 6.07) is 5.77. The van der Waals surface area contributed by atoms with Gasteiger partial charge in [0.15, 0.2) is 0 Å². The minimum absolute atomic E-state index is 0.00124. The SMILES string of the molecule is NC(CNC(=O)c1cccc(S(=O)(=O)N2CCNC(=O)C2)c1)C1CC1. The molecule has 3 rings (SSSR count). The van der Waals surface area contributed by atoms with E-state index in [1.165, 1.54) is 18.2 Å². The molecular weight excluding hydrogens is 344 g/mol. The van der Waals surface area contributed by atoms with Gasteiger partial charge in [-0.15, -0.1) is 0 Å². The summed E-state index contributed by atoms with van der Waals surface area (Å²) in [7, 11) is -3.82. The number of sulfonamides is 1. The Hall–Kier alpha value is -1.97. The van der Waals surface area contributed by atoms with Gasteiger partial charge in [0.05, 0.1) is 11.4 Å². The third-order valence-electron chi connectivity index (χ3n) is 4.46. The van der Waals surface area contributed by atoms with Gasteiger partial charge in [-0.1, -0.05) is 6.07 Å². The van der Waals surface area contributed by atoms with Crippen LogP contribution in [0.25, 0.3) is 0 Å². The number of nitrogens with zero attached hydrogens (tertiary/aromatic N) is 1. The first-order chi connectivity index (χ1) is 11.9. The van der Waals surface area contributed by atoms with Crippen LogP contribution in [0.15, 0.2) is 29.2 Å². The minimum atomic E-state index is -3.82. The molecule has 1 aliphatic carbocycles. The highest BCUT2D eigenvalue weighted by Gasteiger charge is 2.30. The summed E-state index contributed by atoms with van der Waals surface area (Å²) in [6.07, 6.45) is 2.18. The smallest absolute Gasteiger partial charge is 0.251 e. The van der Waals surface area contributed by atoms with Gasteiger partial charge in [-0.25, -0.2) is 8.42 Å². The van der Waals surface area contributed by atoms with Crippen molar-refractivity contribution in [3.05, 3.63) is 29.8 Å². The second-order valence-electron chi connectivity index (χ2n) is 6.43. The van der Waals surface area contributed by atoms with E-state index in [1.54, 1.807) is 6.07 Å². The van der Waals surface area contributed by atoms with E-state index in [0.717, 1.165) is 17.1 Å². The number of carbonyl (C=O) groups excluding carboxylic acids is 2. The zero-order valence-corrected chi connectivity index (χ0v) is 14.6. The van der Waals surface area contributed by atoms with Gasteiger partial charge in [-0.3, -0.25) is 9.59 Å². The van der Waals surface area contributed by atoms with Crippen LogP contribution in [-0.2, 0) is 14.8 Å². The quantitative estimate of drug-likeness (QED) is 0.613. The number of rotatable bonds is 6. The van der Waals surface area contributed by atoms with Gasteiger partial charge in [-0.2, -0.15) is 4.31 Å². The van der Waals surface area contributed by atoms with Crippen LogP contribution in [0.3, 0.4) is 0 Å². The number of hydrogen-bond donors (Lipinski definition) is 3. The van der Waals surface area contributed by atoms with Gasteiger partial charge in [-0.05, 0) is 37.0 Å². The lowest BCUT2D eigenvalue weighted by Crippen LogP contribution is -2.49. The second kappa shape index (κ2) is 7.11. The topological polar surface area (TPSA) is 122 Å². The van der Waals surface area contributed by atoms with Crippen molar-refractivity contribution < 1.29 is 18.0 Å². The second-order valence-corrected chi connectivity index (χ2v) is 8.37. The molecule has 0 spiro atoms. The van der Waals surface area contributed by atoms with E-state index in [9.17, 15) is 18.0 Å². The molecule has 0 bridgehead atoms. The highest BCUT2D eigenvalue weighted by Crippen LogP contribution is 2.31. The van der Waals surface area contributed by atoms with Gasteiger partial charge < -0.3 is 16.4 Å². The molecule has 2 fully saturated rings. The number of nitrogens with two attached hydrogens (primary N) is 1. The maximum Gasteiger partial charge on any atom is 0.251 e. The van der Waals surface area contributed by atoms with Crippen LogP contribution in [0.1, 0.15) is 23.2 Å².